The molecule has 0 bridgehead atoms. The summed E-state index contributed by atoms with van der Waals surface area (Å²) in [5, 5.41) is 8.72. The van der Waals surface area contributed by atoms with E-state index in [4.69, 9.17) is 23.1 Å². The fourth-order valence-electron chi connectivity index (χ4n) is 3.55. The zero-order valence-corrected chi connectivity index (χ0v) is 17.0. The van der Waals surface area contributed by atoms with E-state index in [2.05, 4.69) is 4.98 Å². The molecule has 0 amide bonds. The summed E-state index contributed by atoms with van der Waals surface area (Å²) in [7, 11) is 0. The summed E-state index contributed by atoms with van der Waals surface area (Å²) in [6.07, 6.45) is 2.57. The van der Waals surface area contributed by atoms with Crippen LogP contribution >= 0.6 is 11.6 Å². The van der Waals surface area contributed by atoms with E-state index >= 15 is 0 Å². The van der Waals surface area contributed by atoms with Crippen molar-refractivity contribution in [2.75, 3.05) is 30.3 Å². The maximum Gasteiger partial charge on any atom is 0.341 e. The van der Waals surface area contributed by atoms with E-state index in [9.17, 15) is 27.9 Å². The molecule has 0 saturated carbocycles. The molecule has 3 aromatic rings. The topological polar surface area (TPSA) is 127 Å². The highest BCUT2D eigenvalue weighted by molar-refractivity contribution is 6.38. The van der Waals surface area contributed by atoms with Crippen LogP contribution in [0.25, 0.3) is 16.7 Å². The Morgan fingerprint density at radius 1 is 1.22 bits per heavy atom. The normalized spacial score (nSPS) is 13.4. The molecule has 1 aliphatic rings. The summed E-state index contributed by atoms with van der Waals surface area (Å²) in [4.78, 5) is 29.5. The second-order valence-electron chi connectivity index (χ2n) is 7.08. The van der Waals surface area contributed by atoms with Gasteiger partial charge in [0.1, 0.15) is 11.4 Å². The van der Waals surface area contributed by atoms with Crippen molar-refractivity contribution in [3.05, 3.63) is 68.2 Å². The van der Waals surface area contributed by atoms with Crippen LogP contribution in [0.4, 0.5) is 24.7 Å². The summed E-state index contributed by atoms with van der Waals surface area (Å²) in [6.45, 7) is 0.964. The number of nitrogens with zero attached hydrogens (tertiary/aromatic N) is 3. The molecule has 12 heteroatoms. The van der Waals surface area contributed by atoms with Gasteiger partial charge in [-0.05, 0) is 11.6 Å². The Morgan fingerprint density at radius 2 is 1.91 bits per heavy atom. The van der Waals surface area contributed by atoms with Gasteiger partial charge < -0.3 is 21.5 Å². The Hall–Kier alpha value is -3.57. The van der Waals surface area contributed by atoms with E-state index in [-0.39, 0.29) is 16.2 Å². The number of fused-ring (bicyclic) bond motifs is 1. The van der Waals surface area contributed by atoms with Gasteiger partial charge in [-0.25, -0.2) is 22.9 Å². The third-order valence-corrected chi connectivity index (χ3v) is 5.42. The smallest absolute Gasteiger partial charge is 0.341 e. The number of nitrogen functional groups attached to an aromatic ring is 1. The molecular formula is C20H15ClF3N5O3. The molecule has 0 radical (unpaired) electrons. The maximum absolute atomic E-state index is 15.0. The number of hydrogen-bond acceptors (Lipinski definition) is 6. The van der Waals surface area contributed by atoms with Gasteiger partial charge in [0, 0.05) is 31.9 Å². The molecule has 166 valence electrons. The van der Waals surface area contributed by atoms with Gasteiger partial charge in [0.15, 0.2) is 23.3 Å². The average Bonchev–Trinajstić information content (AvgIpc) is 2.69. The number of pyridine rings is 2. The van der Waals surface area contributed by atoms with Crippen molar-refractivity contribution in [2.24, 2.45) is 5.73 Å². The Bertz CT molecular complexity index is 1380. The van der Waals surface area contributed by atoms with Gasteiger partial charge in [0.05, 0.1) is 21.6 Å². The fraction of sp³-hybridized carbons (Fsp3) is 0.150. The molecule has 0 unspecified atom stereocenters. The quantitative estimate of drug-likeness (QED) is 0.505. The number of hydrogen-bond donors (Lipinski definition) is 3. The third-order valence-electron chi connectivity index (χ3n) is 5.06. The van der Waals surface area contributed by atoms with Crippen molar-refractivity contribution >= 4 is 40.0 Å². The molecule has 1 fully saturated rings. The van der Waals surface area contributed by atoms with Gasteiger partial charge in [-0.1, -0.05) is 17.7 Å². The lowest BCUT2D eigenvalue weighted by atomic mass is 10.0. The van der Waals surface area contributed by atoms with Crippen LogP contribution in [0, 0.1) is 17.5 Å². The van der Waals surface area contributed by atoms with Crippen molar-refractivity contribution in [1.82, 2.24) is 9.55 Å². The zero-order valence-electron chi connectivity index (χ0n) is 16.2. The van der Waals surface area contributed by atoms with Crippen LogP contribution in [-0.2, 0) is 0 Å². The number of rotatable bonds is 4. The number of carboxylic acid groups (broad SMARTS) is 1. The number of halogens is 4. The second-order valence-corrected chi connectivity index (χ2v) is 7.46. The van der Waals surface area contributed by atoms with Crippen molar-refractivity contribution in [3.8, 4) is 5.82 Å². The number of carbonyl (C=O) groups is 1. The van der Waals surface area contributed by atoms with Gasteiger partial charge in [-0.3, -0.25) is 9.36 Å². The highest BCUT2D eigenvalue weighted by Gasteiger charge is 2.29. The van der Waals surface area contributed by atoms with Gasteiger partial charge in [0.2, 0.25) is 5.43 Å². The predicted molar refractivity (Wildman–Crippen MR) is 113 cm³/mol. The van der Waals surface area contributed by atoms with Gasteiger partial charge in [-0.2, -0.15) is 0 Å². The first-order valence-electron chi connectivity index (χ1n) is 9.19. The molecule has 8 nitrogen and oxygen atoms in total. The number of aromatic carboxylic acids is 1. The second kappa shape index (κ2) is 7.84. The van der Waals surface area contributed by atoms with Crippen LogP contribution in [0.5, 0.6) is 0 Å². The molecule has 2 aromatic heterocycles. The van der Waals surface area contributed by atoms with Crippen LogP contribution in [0.3, 0.4) is 0 Å². The highest BCUT2D eigenvalue weighted by atomic mass is 35.5. The minimum atomic E-state index is -1.64. The standard InChI is InChI=1S/C20H15ClF3N5O3/c21-14-15-9(3-11(22)16(14)28-5-8(6-28)1-2-25)17(30)10(20(31)32)7-29(15)19-13(24)4-12(23)18(26)27-19/h1,3-4,7H,2,5-6,25H2,(H2,26,27)(H,31,32). The fourth-order valence-corrected chi connectivity index (χ4v) is 3.95. The summed E-state index contributed by atoms with van der Waals surface area (Å²) in [5.41, 5.74) is 9.78. The summed E-state index contributed by atoms with van der Waals surface area (Å²) < 4.78 is 44.1. The summed E-state index contributed by atoms with van der Waals surface area (Å²) in [6, 6.07) is 1.29. The minimum Gasteiger partial charge on any atom is -0.477 e. The van der Waals surface area contributed by atoms with Crippen LogP contribution < -0.4 is 21.8 Å². The van der Waals surface area contributed by atoms with Gasteiger partial charge >= 0.3 is 5.97 Å². The van der Waals surface area contributed by atoms with E-state index in [0.29, 0.717) is 25.7 Å². The average molecular weight is 466 g/mol. The lowest BCUT2D eigenvalue weighted by Gasteiger charge is -2.37. The molecular weight excluding hydrogens is 451 g/mol. The first-order valence-corrected chi connectivity index (χ1v) is 9.57. The lowest BCUT2D eigenvalue weighted by molar-refractivity contribution is 0.0695. The minimum absolute atomic E-state index is 0.0694. The molecule has 5 N–H and O–H groups in total. The van der Waals surface area contributed by atoms with Gasteiger partial charge in [0.25, 0.3) is 0 Å². The first-order chi connectivity index (χ1) is 15.1. The Balaban J connectivity index is 2.07. The molecule has 1 aromatic carbocycles. The molecule has 3 heterocycles. The van der Waals surface area contributed by atoms with Gasteiger partial charge in [-0.15, -0.1) is 0 Å². The van der Waals surface area contributed by atoms with Crippen LogP contribution in [0.1, 0.15) is 10.4 Å². The number of benzene rings is 1. The Labute approximate surface area is 183 Å². The van der Waals surface area contributed by atoms with E-state index < -0.39 is 51.4 Å². The van der Waals surface area contributed by atoms with E-state index in [1.165, 1.54) is 0 Å². The molecule has 0 atom stereocenters. The van der Waals surface area contributed by atoms with Crippen molar-refractivity contribution in [2.45, 2.75) is 0 Å². The van der Waals surface area contributed by atoms with Crippen molar-refractivity contribution in [3.63, 3.8) is 0 Å². The maximum atomic E-state index is 15.0. The SMILES string of the molecule is NCC=C1CN(c2c(F)cc3c(=O)c(C(=O)O)cn(-c4nc(N)c(F)cc4F)c3c2Cl)C1. The Kier molecular flexibility index (Phi) is 5.31. The molecule has 32 heavy (non-hydrogen) atoms. The van der Waals surface area contributed by atoms with Crippen LogP contribution in [0.15, 0.2) is 34.8 Å². The number of anilines is 2. The number of aromatic nitrogens is 2. The van der Waals surface area contributed by atoms with Crippen LogP contribution in [-0.4, -0.2) is 40.3 Å². The number of nitrogens with two attached hydrogens (primary N) is 2. The van der Waals surface area contributed by atoms with Crippen molar-refractivity contribution in [1.29, 1.82) is 0 Å². The zero-order chi connectivity index (χ0) is 23.3. The highest BCUT2D eigenvalue weighted by Crippen LogP contribution is 2.39. The van der Waals surface area contributed by atoms with E-state index in [1.807, 2.05) is 0 Å². The predicted octanol–water partition coefficient (Wildman–Crippen LogP) is 2.44. The lowest BCUT2D eigenvalue weighted by Crippen LogP contribution is -2.41. The molecule has 4 rings (SSSR count). The van der Waals surface area contributed by atoms with Crippen molar-refractivity contribution < 1.29 is 23.1 Å². The monoisotopic (exact) mass is 465 g/mol. The summed E-state index contributed by atoms with van der Waals surface area (Å²) >= 11 is 6.47. The number of carboxylic acids is 1. The van der Waals surface area contributed by atoms with E-state index in [1.54, 1.807) is 11.0 Å². The largest absolute Gasteiger partial charge is 0.477 e. The molecule has 0 spiro atoms. The molecule has 0 aliphatic carbocycles. The molecule has 1 aliphatic heterocycles. The first kappa shape index (κ1) is 21.7. The third kappa shape index (κ3) is 3.35. The summed E-state index contributed by atoms with van der Waals surface area (Å²) in [5.74, 6) is -6.11. The Morgan fingerprint density at radius 3 is 2.53 bits per heavy atom. The van der Waals surface area contributed by atoms with Crippen LogP contribution in [0.2, 0.25) is 5.02 Å². The molecule has 1 saturated heterocycles. The van der Waals surface area contributed by atoms with E-state index in [0.717, 1.165) is 22.4 Å².